The van der Waals surface area contributed by atoms with Crippen molar-refractivity contribution in [2.75, 3.05) is 37.7 Å². The molecule has 0 spiro atoms. The number of carbonyl (C=O) groups excluding carboxylic acids is 1. The average Bonchev–Trinajstić information content (AvgIpc) is 3.09. The molecule has 1 amide bonds. The van der Waals surface area contributed by atoms with E-state index in [1.165, 1.54) is 11.3 Å². The standard InChI is InChI=1S/C18H26N2O2/c1-14(2)15-5-7-16(8-6-15)19-9-11-20(12-10-19)18(21)17-4-3-13-22-17/h5-8,14,17H,3-4,9-13H2,1-2H3. The summed E-state index contributed by atoms with van der Waals surface area (Å²) in [4.78, 5) is 16.7. The van der Waals surface area contributed by atoms with E-state index in [1.807, 2.05) is 4.90 Å². The summed E-state index contributed by atoms with van der Waals surface area (Å²) >= 11 is 0. The number of piperazine rings is 1. The van der Waals surface area contributed by atoms with E-state index in [9.17, 15) is 4.79 Å². The minimum absolute atomic E-state index is 0.183. The van der Waals surface area contributed by atoms with Crippen molar-refractivity contribution in [3.63, 3.8) is 0 Å². The molecule has 0 radical (unpaired) electrons. The van der Waals surface area contributed by atoms with Gasteiger partial charge in [-0.1, -0.05) is 26.0 Å². The van der Waals surface area contributed by atoms with Crippen LogP contribution in [-0.2, 0) is 9.53 Å². The number of hydrogen-bond donors (Lipinski definition) is 0. The Balaban J connectivity index is 1.55. The van der Waals surface area contributed by atoms with Crippen molar-refractivity contribution in [2.24, 2.45) is 0 Å². The Hall–Kier alpha value is -1.55. The number of amides is 1. The molecule has 0 N–H and O–H groups in total. The van der Waals surface area contributed by atoms with Crippen molar-refractivity contribution in [1.29, 1.82) is 0 Å². The summed E-state index contributed by atoms with van der Waals surface area (Å²) in [5.74, 6) is 0.752. The highest BCUT2D eigenvalue weighted by atomic mass is 16.5. The van der Waals surface area contributed by atoms with Crippen LogP contribution in [0.15, 0.2) is 24.3 Å². The van der Waals surface area contributed by atoms with Gasteiger partial charge in [-0.05, 0) is 36.5 Å². The summed E-state index contributed by atoms with van der Waals surface area (Å²) < 4.78 is 5.51. The Kier molecular flexibility index (Phi) is 4.67. The molecule has 0 aliphatic carbocycles. The van der Waals surface area contributed by atoms with E-state index in [0.717, 1.165) is 45.6 Å². The first-order valence-electron chi connectivity index (χ1n) is 8.40. The van der Waals surface area contributed by atoms with Gasteiger partial charge in [0, 0.05) is 38.5 Å². The molecule has 2 aliphatic heterocycles. The van der Waals surface area contributed by atoms with Crippen LogP contribution in [0.1, 0.15) is 38.2 Å². The fourth-order valence-corrected chi connectivity index (χ4v) is 3.23. The highest BCUT2D eigenvalue weighted by Gasteiger charge is 2.30. The van der Waals surface area contributed by atoms with E-state index >= 15 is 0 Å². The maximum atomic E-state index is 12.3. The van der Waals surface area contributed by atoms with Crippen molar-refractivity contribution in [2.45, 2.75) is 38.7 Å². The fraction of sp³-hybridized carbons (Fsp3) is 0.611. The lowest BCUT2D eigenvalue weighted by Gasteiger charge is -2.37. The number of ether oxygens (including phenoxy) is 1. The molecule has 1 unspecified atom stereocenters. The molecular formula is C18H26N2O2. The van der Waals surface area contributed by atoms with Gasteiger partial charge in [0.2, 0.25) is 0 Å². The monoisotopic (exact) mass is 302 g/mol. The van der Waals surface area contributed by atoms with Crippen LogP contribution in [0.25, 0.3) is 0 Å². The summed E-state index contributed by atoms with van der Waals surface area (Å²) in [6, 6.07) is 8.83. The van der Waals surface area contributed by atoms with Crippen LogP contribution in [-0.4, -0.2) is 49.7 Å². The molecule has 4 nitrogen and oxygen atoms in total. The normalized spacial score (nSPS) is 22.4. The molecule has 2 saturated heterocycles. The van der Waals surface area contributed by atoms with Gasteiger partial charge in [0.15, 0.2) is 0 Å². The number of anilines is 1. The van der Waals surface area contributed by atoms with Gasteiger partial charge < -0.3 is 14.5 Å². The minimum Gasteiger partial charge on any atom is -0.368 e. The van der Waals surface area contributed by atoms with Crippen LogP contribution in [0.2, 0.25) is 0 Å². The summed E-state index contributed by atoms with van der Waals surface area (Å²) in [6.07, 6.45) is 1.71. The zero-order valence-corrected chi connectivity index (χ0v) is 13.6. The minimum atomic E-state index is -0.183. The lowest BCUT2D eigenvalue weighted by molar-refractivity contribution is -0.141. The number of nitrogens with zero attached hydrogens (tertiary/aromatic N) is 2. The Bertz CT molecular complexity index is 498. The van der Waals surface area contributed by atoms with Gasteiger partial charge in [-0.15, -0.1) is 0 Å². The van der Waals surface area contributed by atoms with Gasteiger partial charge in [0.05, 0.1) is 0 Å². The topological polar surface area (TPSA) is 32.8 Å². The van der Waals surface area contributed by atoms with Crippen molar-refractivity contribution in [3.05, 3.63) is 29.8 Å². The highest BCUT2D eigenvalue weighted by Crippen LogP contribution is 2.22. The second kappa shape index (κ2) is 6.69. The third-order valence-corrected chi connectivity index (χ3v) is 4.72. The Morgan fingerprint density at radius 1 is 1.14 bits per heavy atom. The average molecular weight is 302 g/mol. The zero-order valence-electron chi connectivity index (χ0n) is 13.6. The Morgan fingerprint density at radius 2 is 1.82 bits per heavy atom. The third-order valence-electron chi connectivity index (χ3n) is 4.72. The number of hydrogen-bond acceptors (Lipinski definition) is 3. The van der Waals surface area contributed by atoms with Gasteiger partial charge in [0.25, 0.3) is 5.91 Å². The Labute approximate surface area is 133 Å². The van der Waals surface area contributed by atoms with Gasteiger partial charge in [0.1, 0.15) is 6.10 Å². The molecule has 1 aromatic carbocycles. The summed E-state index contributed by atoms with van der Waals surface area (Å²) in [7, 11) is 0. The van der Waals surface area contributed by atoms with E-state index in [0.29, 0.717) is 5.92 Å². The number of rotatable bonds is 3. The van der Waals surface area contributed by atoms with E-state index in [-0.39, 0.29) is 12.0 Å². The maximum Gasteiger partial charge on any atom is 0.251 e. The van der Waals surface area contributed by atoms with Crippen LogP contribution in [0.4, 0.5) is 5.69 Å². The van der Waals surface area contributed by atoms with E-state index in [1.54, 1.807) is 0 Å². The van der Waals surface area contributed by atoms with Crippen LogP contribution in [0.5, 0.6) is 0 Å². The molecule has 0 aromatic heterocycles. The van der Waals surface area contributed by atoms with Crippen LogP contribution < -0.4 is 4.90 Å². The number of benzene rings is 1. The molecule has 4 heteroatoms. The van der Waals surface area contributed by atoms with Crippen molar-refractivity contribution in [3.8, 4) is 0 Å². The SMILES string of the molecule is CC(C)c1ccc(N2CCN(C(=O)C3CCCO3)CC2)cc1. The third kappa shape index (κ3) is 3.27. The second-order valence-corrected chi connectivity index (χ2v) is 6.56. The van der Waals surface area contributed by atoms with E-state index in [2.05, 4.69) is 43.0 Å². The summed E-state index contributed by atoms with van der Waals surface area (Å²) in [5, 5.41) is 0. The number of carbonyl (C=O) groups is 1. The first kappa shape index (κ1) is 15.3. The smallest absolute Gasteiger partial charge is 0.251 e. The molecular weight excluding hydrogens is 276 g/mol. The molecule has 120 valence electrons. The zero-order chi connectivity index (χ0) is 15.5. The molecule has 0 bridgehead atoms. The molecule has 22 heavy (non-hydrogen) atoms. The van der Waals surface area contributed by atoms with E-state index in [4.69, 9.17) is 4.74 Å². The van der Waals surface area contributed by atoms with Crippen LogP contribution in [0.3, 0.4) is 0 Å². The Morgan fingerprint density at radius 3 is 2.36 bits per heavy atom. The van der Waals surface area contributed by atoms with Gasteiger partial charge in [-0.25, -0.2) is 0 Å². The summed E-state index contributed by atoms with van der Waals surface area (Å²) in [5.41, 5.74) is 2.63. The largest absolute Gasteiger partial charge is 0.368 e. The predicted octanol–water partition coefficient (Wildman–Crippen LogP) is 2.64. The summed E-state index contributed by atoms with van der Waals surface area (Å²) in [6.45, 7) is 8.56. The highest BCUT2D eigenvalue weighted by molar-refractivity contribution is 5.81. The van der Waals surface area contributed by atoms with Crippen molar-refractivity contribution in [1.82, 2.24) is 4.90 Å². The van der Waals surface area contributed by atoms with Crippen LogP contribution in [0, 0.1) is 0 Å². The maximum absolute atomic E-state index is 12.3. The second-order valence-electron chi connectivity index (χ2n) is 6.56. The molecule has 2 aliphatic rings. The molecule has 2 heterocycles. The molecule has 3 rings (SSSR count). The lowest BCUT2D eigenvalue weighted by atomic mass is 10.0. The van der Waals surface area contributed by atoms with Crippen molar-refractivity contribution < 1.29 is 9.53 Å². The first-order chi connectivity index (χ1) is 10.6. The van der Waals surface area contributed by atoms with E-state index < -0.39 is 0 Å². The molecule has 2 fully saturated rings. The fourth-order valence-electron chi connectivity index (χ4n) is 3.23. The molecule has 1 aromatic rings. The quantitative estimate of drug-likeness (QED) is 0.860. The van der Waals surface area contributed by atoms with Crippen molar-refractivity contribution >= 4 is 11.6 Å². The van der Waals surface area contributed by atoms with Gasteiger partial charge in [-0.2, -0.15) is 0 Å². The predicted molar refractivity (Wildman–Crippen MR) is 88.3 cm³/mol. The van der Waals surface area contributed by atoms with Crippen LogP contribution >= 0.6 is 0 Å². The first-order valence-corrected chi connectivity index (χ1v) is 8.40. The van der Waals surface area contributed by atoms with Gasteiger partial charge >= 0.3 is 0 Å². The molecule has 1 atom stereocenters. The van der Waals surface area contributed by atoms with Gasteiger partial charge in [-0.3, -0.25) is 4.79 Å². The molecule has 0 saturated carbocycles. The lowest BCUT2D eigenvalue weighted by Crippen LogP contribution is -2.51.